The lowest BCUT2D eigenvalue weighted by atomic mass is 10.2. The van der Waals surface area contributed by atoms with Gasteiger partial charge in [0.25, 0.3) is 0 Å². The Balaban J connectivity index is 2.09. The average Bonchev–Trinajstić information content (AvgIpc) is 2.03. The minimum atomic E-state index is 0.239. The summed E-state index contributed by atoms with van der Waals surface area (Å²) in [6.45, 7) is 8.62. The summed E-state index contributed by atoms with van der Waals surface area (Å²) in [5.74, 6) is 0. The van der Waals surface area contributed by atoms with Gasteiger partial charge in [0.15, 0.2) is 0 Å². The maximum atomic E-state index is 5.55. The van der Waals surface area contributed by atoms with Gasteiger partial charge in [0, 0.05) is 12.6 Å². The molecule has 12 heavy (non-hydrogen) atoms. The molecular weight excluding hydrogens is 154 g/mol. The van der Waals surface area contributed by atoms with Gasteiger partial charge in [-0.05, 0) is 20.8 Å². The van der Waals surface area contributed by atoms with Crippen molar-refractivity contribution in [3.8, 4) is 0 Å². The molecule has 0 radical (unpaired) electrons. The number of hydrogen-bond donors (Lipinski definition) is 1. The minimum Gasteiger partial charge on any atom is -0.376 e. The molecule has 2 atom stereocenters. The number of ether oxygens (including phenoxy) is 2. The van der Waals surface area contributed by atoms with Crippen LogP contribution in [0.5, 0.6) is 0 Å². The van der Waals surface area contributed by atoms with Gasteiger partial charge in [-0.1, -0.05) is 0 Å². The highest BCUT2D eigenvalue weighted by molar-refractivity contribution is 4.72. The fourth-order valence-corrected chi connectivity index (χ4v) is 1.14. The van der Waals surface area contributed by atoms with E-state index in [4.69, 9.17) is 9.47 Å². The Morgan fingerprint density at radius 3 is 2.83 bits per heavy atom. The van der Waals surface area contributed by atoms with Crippen LogP contribution in [0.4, 0.5) is 0 Å². The lowest BCUT2D eigenvalue weighted by Crippen LogP contribution is -2.46. The van der Waals surface area contributed by atoms with Crippen molar-refractivity contribution in [1.82, 2.24) is 5.32 Å². The Morgan fingerprint density at radius 2 is 2.33 bits per heavy atom. The van der Waals surface area contributed by atoms with Crippen molar-refractivity contribution in [3.05, 3.63) is 0 Å². The van der Waals surface area contributed by atoms with Gasteiger partial charge in [0.05, 0.1) is 25.4 Å². The monoisotopic (exact) mass is 173 g/mol. The fourth-order valence-electron chi connectivity index (χ4n) is 1.14. The largest absolute Gasteiger partial charge is 0.376 e. The van der Waals surface area contributed by atoms with Crippen LogP contribution in [-0.2, 0) is 9.47 Å². The third-order valence-electron chi connectivity index (χ3n) is 1.89. The summed E-state index contributed by atoms with van der Waals surface area (Å²) < 4.78 is 11.0. The number of morpholine rings is 1. The molecule has 72 valence electrons. The topological polar surface area (TPSA) is 30.5 Å². The van der Waals surface area contributed by atoms with Gasteiger partial charge >= 0.3 is 0 Å². The van der Waals surface area contributed by atoms with Gasteiger partial charge in [-0.2, -0.15) is 0 Å². The van der Waals surface area contributed by atoms with Gasteiger partial charge in [0.2, 0.25) is 0 Å². The summed E-state index contributed by atoms with van der Waals surface area (Å²) in [5.41, 5.74) is 0. The van der Waals surface area contributed by atoms with Crippen LogP contribution in [0.15, 0.2) is 0 Å². The predicted octanol–water partition coefficient (Wildman–Crippen LogP) is 0.788. The van der Waals surface area contributed by atoms with Crippen molar-refractivity contribution in [2.24, 2.45) is 0 Å². The molecule has 1 fully saturated rings. The van der Waals surface area contributed by atoms with E-state index in [0.29, 0.717) is 18.8 Å². The van der Waals surface area contributed by atoms with Crippen LogP contribution in [0.2, 0.25) is 0 Å². The zero-order valence-electron chi connectivity index (χ0n) is 8.17. The Bertz CT molecular complexity index is 120. The third-order valence-corrected chi connectivity index (χ3v) is 1.89. The summed E-state index contributed by atoms with van der Waals surface area (Å²) in [5, 5.41) is 3.35. The molecule has 1 saturated heterocycles. The van der Waals surface area contributed by atoms with Crippen LogP contribution in [0.3, 0.4) is 0 Å². The maximum Gasteiger partial charge on any atom is 0.0933 e. The molecule has 1 N–H and O–H groups in total. The van der Waals surface area contributed by atoms with Crippen LogP contribution in [0.25, 0.3) is 0 Å². The van der Waals surface area contributed by atoms with E-state index in [-0.39, 0.29) is 6.10 Å². The Labute approximate surface area is 74.4 Å². The summed E-state index contributed by atoms with van der Waals surface area (Å²) in [6.07, 6.45) is 0.538. The molecular formula is C9H19NO2. The Morgan fingerprint density at radius 1 is 1.58 bits per heavy atom. The quantitative estimate of drug-likeness (QED) is 0.684. The van der Waals surface area contributed by atoms with E-state index in [9.17, 15) is 0 Å². The smallest absolute Gasteiger partial charge is 0.0933 e. The summed E-state index contributed by atoms with van der Waals surface area (Å²) in [4.78, 5) is 0. The molecule has 0 saturated carbocycles. The predicted molar refractivity (Wildman–Crippen MR) is 48.3 cm³/mol. The van der Waals surface area contributed by atoms with Crippen molar-refractivity contribution in [2.45, 2.75) is 39.0 Å². The van der Waals surface area contributed by atoms with Crippen LogP contribution < -0.4 is 5.32 Å². The molecule has 0 bridgehead atoms. The van der Waals surface area contributed by atoms with E-state index in [2.05, 4.69) is 12.2 Å². The van der Waals surface area contributed by atoms with Crippen LogP contribution in [-0.4, -0.2) is 38.0 Å². The molecule has 1 rings (SSSR count). The van der Waals surface area contributed by atoms with Gasteiger partial charge in [-0.3, -0.25) is 0 Å². The fraction of sp³-hybridized carbons (Fsp3) is 1.00. The Hall–Kier alpha value is -0.120. The second kappa shape index (κ2) is 4.80. The maximum absolute atomic E-state index is 5.55. The minimum absolute atomic E-state index is 0.239. The highest BCUT2D eigenvalue weighted by Gasteiger charge is 2.17. The second-order valence-corrected chi connectivity index (χ2v) is 3.65. The van der Waals surface area contributed by atoms with E-state index in [1.165, 1.54) is 0 Å². The van der Waals surface area contributed by atoms with E-state index in [0.717, 1.165) is 13.2 Å². The highest BCUT2D eigenvalue weighted by atomic mass is 16.5. The molecule has 0 amide bonds. The van der Waals surface area contributed by atoms with Gasteiger partial charge < -0.3 is 14.8 Å². The average molecular weight is 173 g/mol. The molecule has 1 heterocycles. The number of rotatable bonds is 3. The van der Waals surface area contributed by atoms with E-state index >= 15 is 0 Å². The molecule has 1 aliphatic rings. The Kier molecular flexibility index (Phi) is 3.98. The zero-order valence-corrected chi connectivity index (χ0v) is 8.17. The molecule has 0 aliphatic carbocycles. The normalized spacial score (nSPS) is 31.0. The number of hydrogen-bond acceptors (Lipinski definition) is 3. The lowest BCUT2D eigenvalue weighted by molar-refractivity contribution is -0.0575. The van der Waals surface area contributed by atoms with Crippen molar-refractivity contribution in [1.29, 1.82) is 0 Å². The van der Waals surface area contributed by atoms with Crippen LogP contribution >= 0.6 is 0 Å². The van der Waals surface area contributed by atoms with Crippen LogP contribution in [0.1, 0.15) is 20.8 Å². The van der Waals surface area contributed by atoms with Crippen molar-refractivity contribution in [3.63, 3.8) is 0 Å². The molecule has 0 aromatic carbocycles. The first-order valence-electron chi connectivity index (χ1n) is 4.65. The SMILES string of the molecule is CC(C)OC[C@@H]1CN[C@@H](C)CO1. The molecule has 0 unspecified atom stereocenters. The van der Waals surface area contributed by atoms with E-state index in [1.54, 1.807) is 0 Å². The molecule has 0 aromatic heterocycles. The number of nitrogens with one attached hydrogen (secondary N) is 1. The first-order chi connectivity index (χ1) is 5.68. The summed E-state index contributed by atoms with van der Waals surface area (Å²) in [6, 6.07) is 0.486. The summed E-state index contributed by atoms with van der Waals surface area (Å²) in [7, 11) is 0. The molecule has 0 aromatic rings. The van der Waals surface area contributed by atoms with Crippen molar-refractivity contribution < 1.29 is 9.47 Å². The molecule has 3 heteroatoms. The van der Waals surface area contributed by atoms with Gasteiger partial charge in [-0.25, -0.2) is 0 Å². The van der Waals surface area contributed by atoms with Gasteiger partial charge in [0.1, 0.15) is 0 Å². The standard InChI is InChI=1S/C9H19NO2/c1-7(2)11-6-9-4-10-8(3)5-12-9/h7-10H,4-6H2,1-3H3/t8-,9-/m0/s1. The van der Waals surface area contributed by atoms with E-state index in [1.807, 2.05) is 13.8 Å². The zero-order chi connectivity index (χ0) is 8.97. The third kappa shape index (κ3) is 3.52. The highest BCUT2D eigenvalue weighted by Crippen LogP contribution is 2.02. The first-order valence-corrected chi connectivity index (χ1v) is 4.65. The molecule has 1 aliphatic heterocycles. The second-order valence-electron chi connectivity index (χ2n) is 3.65. The van der Waals surface area contributed by atoms with Crippen molar-refractivity contribution in [2.75, 3.05) is 19.8 Å². The van der Waals surface area contributed by atoms with Gasteiger partial charge in [-0.15, -0.1) is 0 Å². The summed E-state index contributed by atoms with van der Waals surface area (Å²) >= 11 is 0. The first kappa shape index (κ1) is 9.96. The van der Waals surface area contributed by atoms with Crippen LogP contribution in [0, 0.1) is 0 Å². The van der Waals surface area contributed by atoms with E-state index < -0.39 is 0 Å². The van der Waals surface area contributed by atoms with Crippen molar-refractivity contribution >= 4 is 0 Å². The molecule has 0 spiro atoms. The molecule has 3 nitrogen and oxygen atoms in total. The lowest BCUT2D eigenvalue weighted by Gasteiger charge is -2.28.